The van der Waals surface area contributed by atoms with Gasteiger partial charge in [0, 0.05) is 37.7 Å². The van der Waals surface area contributed by atoms with Gasteiger partial charge in [0.15, 0.2) is 0 Å². The molecule has 6 heteroatoms. The van der Waals surface area contributed by atoms with Crippen LogP contribution in [0, 0.1) is 0 Å². The van der Waals surface area contributed by atoms with Crippen LogP contribution in [0.15, 0.2) is 78.9 Å². The number of rotatable bonds is 6. The van der Waals surface area contributed by atoms with Gasteiger partial charge in [0.05, 0.1) is 13.2 Å². The van der Waals surface area contributed by atoms with E-state index in [0.29, 0.717) is 19.6 Å². The first-order valence-electron chi connectivity index (χ1n) is 10.8. The average molecular weight is 450 g/mol. The molecule has 5 nitrogen and oxygen atoms in total. The zero-order chi connectivity index (χ0) is 22.3. The largest absolute Gasteiger partial charge is 0.497 e. The number of carbonyl (C=O) groups excluding carboxylic acids is 1. The van der Waals surface area contributed by atoms with Gasteiger partial charge in [0.2, 0.25) is 0 Å². The number of methoxy groups -OCH3 is 1. The van der Waals surface area contributed by atoms with E-state index in [-0.39, 0.29) is 12.1 Å². The number of ether oxygens (including phenoxy) is 1. The molecule has 1 unspecified atom stereocenters. The van der Waals surface area contributed by atoms with E-state index in [1.807, 2.05) is 47.4 Å². The zero-order valence-electron chi connectivity index (χ0n) is 18.2. The summed E-state index contributed by atoms with van der Waals surface area (Å²) in [6.07, 6.45) is 0. The van der Waals surface area contributed by atoms with Crippen LogP contribution >= 0.6 is 11.6 Å². The lowest BCUT2D eigenvalue weighted by Crippen LogP contribution is -2.52. The molecule has 32 heavy (non-hydrogen) atoms. The fourth-order valence-electron chi connectivity index (χ4n) is 4.11. The highest BCUT2D eigenvalue weighted by Gasteiger charge is 2.28. The van der Waals surface area contributed by atoms with E-state index in [0.717, 1.165) is 29.4 Å². The molecular weight excluding hydrogens is 422 g/mol. The standard InChI is InChI=1S/C26H28ClN3O2/c1-32-24-13-7-20(8-14-24)19-28-26(31)30-17-15-29(16-18-30)25(21-5-3-2-4-6-21)22-9-11-23(27)12-10-22/h2-14,25H,15-19H2,1H3,(H,28,31). The molecule has 0 spiro atoms. The molecular formula is C26H28ClN3O2. The highest BCUT2D eigenvalue weighted by molar-refractivity contribution is 6.30. The van der Waals surface area contributed by atoms with Crippen LogP contribution in [-0.4, -0.2) is 49.1 Å². The summed E-state index contributed by atoms with van der Waals surface area (Å²) in [5.41, 5.74) is 3.50. The second-order valence-corrected chi connectivity index (χ2v) is 8.33. The van der Waals surface area contributed by atoms with E-state index in [1.165, 1.54) is 11.1 Å². The van der Waals surface area contributed by atoms with E-state index < -0.39 is 0 Å². The van der Waals surface area contributed by atoms with Crippen molar-refractivity contribution >= 4 is 17.6 Å². The minimum Gasteiger partial charge on any atom is -0.497 e. The first-order chi connectivity index (χ1) is 15.6. The van der Waals surface area contributed by atoms with Gasteiger partial charge < -0.3 is 15.0 Å². The molecule has 0 aliphatic carbocycles. The SMILES string of the molecule is COc1ccc(CNC(=O)N2CCN(C(c3ccccc3)c3ccc(Cl)cc3)CC2)cc1. The van der Waals surface area contributed by atoms with Gasteiger partial charge >= 0.3 is 6.03 Å². The van der Waals surface area contributed by atoms with Gasteiger partial charge in [-0.2, -0.15) is 0 Å². The summed E-state index contributed by atoms with van der Waals surface area (Å²) in [4.78, 5) is 17.0. The first-order valence-corrected chi connectivity index (χ1v) is 11.2. The minimum atomic E-state index is -0.0248. The summed E-state index contributed by atoms with van der Waals surface area (Å²) >= 11 is 6.12. The van der Waals surface area contributed by atoms with Crippen molar-refractivity contribution in [3.8, 4) is 5.75 Å². The Labute approximate surface area is 194 Å². The van der Waals surface area contributed by atoms with E-state index in [2.05, 4.69) is 46.6 Å². The van der Waals surface area contributed by atoms with Crippen molar-refractivity contribution in [3.63, 3.8) is 0 Å². The molecule has 3 aromatic rings. The molecule has 1 saturated heterocycles. The molecule has 1 atom stereocenters. The minimum absolute atomic E-state index is 0.0248. The predicted octanol–water partition coefficient (Wildman–Crippen LogP) is 4.97. The number of nitrogens with zero attached hydrogens (tertiary/aromatic N) is 2. The molecule has 3 aromatic carbocycles. The van der Waals surface area contributed by atoms with E-state index in [9.17, 15) is 4.79 Å². The van der Waals surface area contributed by atoms with Crippen molar-refractivity contribution in [3.05, 3.63) is 101 Å². The molecule has 0 saturated carbocycles. The fraction of sp³-hybridized carbons (Fsp3) is 0.269. The fourth-order valence-corrected chi connectivity index (χ4v) is 4.24. The molecule has 4 rings (SSSR count). The van der Waals surface area contributed by atoms with Crippen LogP contribution < -0.4 is 10.1 Å². The Balaban J connectivity index is 1.38. The zero-order valence-corrected chi connectivity index (χ0v) is 19.0. The molecule has 1 N–H and O–H groups in total. The van der Waals surface area contributed by atoms with Crippen molar-refractivity contribution < 1.29 is 9.53 Å². The lowest BCUT2D eigenvalue weighted by atomic mass is 9.96. The Morgan fingerprint density at radius 3 is 2.16 bits per heavy atom. The Morgan fingerprint density at radius 2 is 1.53 bits per heavy atom. The second-order valence-electron chi connectivity index (χ2n) is 7.89. The number of carbonyl (C=O) groups is 1. The maximum Gasteiger partial charge on any atom is 0.317 e. The maximum atomic E-state index is 12.7. The number of nitrogens with one attached hydrogen (secondary N) is 1. The number of amides is 2. The normalized spacial score (nSPS) is 15.2. The Kier molecular flexibility index (Phi) is 7.30. The van der Waals surface area contributed by atoms with E-state index >= 15 is 0 Å². The topological polar surface area (TPSA) is 44.8 Å². The van der Waals surface area contributed by atoms with Gasteiger partial charge in [-0.15, -0.1) is 0 Å². The van der Waals surface area contributed by atoms with Crippen LogP contribution in [0.4, 0.5) is 4.79 Å². The van der Waals surface area contributed by atoms with Crippen molar-refractivity contribution in [2.24, 2.45) is 0 Å². The van der Waals surface area contributed by atoms with Crippen molar-refractivity contribution in [1.82, 2.24) is 15.1 Å². The molecule has 1 aliphatic heterocycles. The summed E-state index contributed by atoms with van der Waals surface area (Å²) in [5.74, 6) is 0.810. The van der Waals surface area contributed by atoms with E-state index in [1.54, 1.807) is 7.11 Å². The molecule has 0 aromatic heterocycles. The van der Waals surface area contributed by atoms with Crippen LogP contribution in [0.25, 0.3) is 0 Å². The van der Waals surface area contributed by atoms with E-state index in [4.69, 9.17) is 16.3 Å². The van der Waals surface area contributed by atoms with Crippen LogP contribution in [0.3, 0.4) is 0 Å². The Hall–Kier alpha value is -3.02. The van der Waals surface area contributed by atoms with Crippen molar-refractivity contribution in [1.29, 1.82) is 0 Å². The number of piperazine rings is 1. The van der Waals surface area contributed by atoms with Crippen LogP contribution in [0.5, 0.6) is 5.75 Å². The predicted molar refractivity (Wildman–Crippen MR) is 128 cm³/mol. The first kappa shape index (κ1) is 22.2. The number of urea groups is 1. The van der Waals surface area contributed by atoms with Crippen molar-refractivity contribution in [2.75, 3.05) is 33.3 Å². The second kappa shape index (κ2) is 10.5. The van der Waals surface area contributed by atoms with Crippen LogP contribution in [-0.2, 0) is 6.54 Å². The smallest absolute Gasteiger partial charge is 0.317 e. The third-order valence-electron chi connectivity index (χ3n) is 5.87. The molecule has 1 fully saturated rings. The Bertz CT molecular complexity index is 1000. The molecule has 1 heterocycles. The summed E-state index contributed by atoms with van der Waals surface area (Å²) in [6, 6.07) is 26.4. The van der Waals surface area contributed by atoms with Crippen LogP contribution in [0.2, 0.25) is 5.02 Å². The number of halogens is 1. The number of hydrogen-bond acceptors (Lipinski definition) is 3. The third-order valence-corrected chi connectivity index (χ3v) is 6.12. The monoisotopic (exact) mass is 449 g/mol. The maximum absolute atomic E-state index is 12.7. The lowest BCUT2D eigenvalue weighted by Gasteiger charge is -2.39. The van der Waals surface area contributed by atoms with Gasteiger partial charge in [-0.05, 0) is 41.0 Å². The van der Waals surface area contributed by atoms with Gasteiger partial charge in [-0.1, -0.05) is 66.2 Å². The molecule has 166 valence electrons. The van der Waals surface area contributed by atoms with Crippen molar-refractivity contribution in [2.45, 2.75) is 12.6 Å². The molecule has 0 bridgehead atoms. The highest BCUT2D eigenvalue weighted by atomic mass is 35.5. The van der Waals surface area contributed by atoms with Gasteiger partial charge in [0.1, 0.15) is 5.75 Å². The summed E-state index contributed by atoms with van der Waals surface area (Å²) in [5, 5.41) is 3.77. The number of hydrogen-bond donors (Lipinski definition) is 1. The number of benzene rings is 3. The Morgan fingerprint density at radius 1 is 0.906 bits per heavy atom. The average Bonchev–Trinajstić information content (AvgIpc) is 2.85. The summed E-state index contributed by atoms with van der Waals surface area (Å²) < 4.78 is 5.18. The molecule has 1 aliphatic rings. The van der Waals surface area contributed by atoms with Gasteiger partial charge in [-0.3, -0.25) is 4.90 Å². The quantitative estimate of drug-likeness (QED) is 0.578. The summed E-state index contributed by atoms with van der Waals surface area (Å²) in [7, 11) is 1.64. The summed E-state index contributed by atoms with van der Waals surface area (Å²) in [6.45, 7) is 3.48. The van der Waals surface area contributed by atoms with Crippen LogP contribution in [0.1, 0.15) is 22.7 Å². The highest BCUT2D eigenvalue weighted by Crippen LogP contribution is 2.30. The molecule has 2 amide bonds. The third kappa shape index (κ3) is 5.42. The van der Waals surface area contributed by atoms with Gasteiger partial charge in [-0.25, -0.2) is 4.79 Å². The molecule has 0 radical (unpaired) electrons. The lowest BCUT2D eigenvalue weighted by molar-refractivity contribution is 0.120. The van der Waals surface area contributed by atoms with Gasteiger partial charge in [0.25, 0.3) is 0 Å².